The lowest BCUT2D eigenvalue weighted by atomic mass is 9.94. The summed E-state index contributed by atoms with van der Waals surface area (Å²) in [6, 6.07) is 23.0. The zero-order chi connectivity index (χ0) is 16.2. The summed E-state index contributed by atoms with van der Waals surface area (Å²) in [5, 5.41) is 15.5. The molecule has 23 heavy (non-hydrogen) atoms. The quantitative estimate of drug-likeness (QED) is 0.761. The Morgan fingerprint density at radius 2 is 1.57 bits per heavy atom. The third kappa shape index (κ3) is 3.41. The highest BCUT2D eigenvalue weighted by Crippen LogP contribution is 2.26. The third-order valence-electron chi connectivity index (χ3n) is 4.04. The number of carbonyl (C=O) groups excluding carboxylic acids is 1. The molecule has 0 spiro atoms. The molecular weight excluding hydrogens is 286 g/mol. The van der Waals surface area contributed by atoms with E-state index in [-0.39, 0.29) is 5.91 Å². The standard InChI is InChI=1S/C20H19NO2/c1-14(20(23)21-18-9-3-2-4-10-18)19(22)17-12-11-15-7-5-6-8-16(15)13-17/h2-14,19,22H,1H3,(H,21,23)/t14-,19+/m1/s1. The van der Waals surface area contributed by atoms with Gasteiger partial charge < -0.3 is 10.4 Å². The zero-order valence-electron chi connectivity index (χ0n) is 12.9. The number of aliphatic hydroxyl groups is 1. The summed E-state index contributed by atoms with van der Waals surface area (Å²) < 4.78 is 0. The number of fused-ring (bicyclic) bond motifs is 1. The fourth-order valence-corrected chi connectivity index (χ4v) is 2.60. The van der Waals surface area contributed by atoms with Gasteiger partial charge >= 0.3 is 0 Å². The van der Waals surface area contributed by atoms with Crippen LogP contribution in [-0.2, 0) is 4.79 Å². The number of hydrogen-bond acceptors (Lipinski definition) is 2. The van der Waals surface area contributed by atoms with Crippen LogP contribution in [0.2, 0.25) is 0 Å². The van der Waals surface area contributed by atoms with Gasteiger partial charge in [-0.25, -0.2) is 0 Å². The van der Waals surface area contributed by atoms with Crippen molar-refractivity contribution < 1.29 is 9.90 Å². The van der Waals surface area contributed by atoms with E-state index >= 15 is 0 Å². The minimum absolute atomic E-state index is 0.197. The highest BCUT2D eigenvalue weighted by Gasteiger charge is 2.23. The van der Waals surface area contributed by atoms with Gasteiger partial charge in [0.25, 0.3) is 0 Å². The normalized spacial score (nSPS) is 13.5. The molecule has 0 aliphatic carbocycles. The summed E-state index contributed by atoms with van der Waals surface area (Å²) in [7, 11) is 0. The Bertz CT molecular complexity index is 814. The molecule has 0 saturated heterocycles. The fraction of sp³-hybridized carbons (Fsp3) is 0.150. The van der Waals surface area contributed by atoms with E-state index in [0.29, 0.717) is 0 Å². The summed E-state index contributed by atoms with van der Waals surface area (Å²) in [6.07, 6.45) is -0.844. The van der Waals surface area contributed by atoms with E-state index in [2.05, 4.69) is 5.32 Å². The Hall–Kier alpha value is -2.65. The van der Waals surface area contributed by atoms with Crippen molar-refractivity contribution in [1.29, 1.82) is 0 Å². The summed E-state index contributed by atoms with van der Waals surface area (Å²) in [5.74, 6) is -0.742. The first-order chi connectivity index (χ1) is 11.1. The number of aliphatic hydroxyl groups excluding tert-OH is 1. The van der Waals surface area contributed by atoms with Crippen LogP contribution in [0, 0.1) is 5.92 Å². The van der Waals surface area contributed by atoms with Crippen molar-refractivity contribution in [3.05, 3.63) is 78.4 Å². The zero-order valence-corrected chi connectivity index (χ0v) is 12.9. The van der Waals surface area contributed by atoms with E-state index in [1.807, 2.05) is 72.8 Å². The second kappa shape index (κ2) is 6.63. The molecule has 0 saturated carbocycles. The van der Waals surface area contributed by atoms with Gasteiger partial charge in [0.1, 0.15) is 0 Å². The average molecular weight is 305 g/mol. The van der Waals surface area contributed by atoms with Crippen molar-refractivity contribution in [1.82, 2.24) is 0 Å². The molecule has 0 aromatic heterocycles. The molecule has 0 aliphatic rings. The van der Waals surface area contributed by atoms with Crippen LogP contribution < -0.4 is 5.32 Å². The molecule has 3 aromatic carbocycles. The first-order valence-electron chi connectivity index (χ1n) is 7.68. The maximum Gasteiger partial charge on any atom is 0.230 e. The molecule has 0 unspecified atom stereocenters. The van der Waals surface area contributed by atoms with Crippen molar-refractivity contribution in [3.63, 3.8) is 0 Å². The van der Waals surface area contributed by atoms with Crippen LogP contribution in [0.25, 0.3) is 10.8 Å². The average Bonchev–Trinajstić information content (AvgIpc) is 2.61. The Balaban J connectivity index is 1.77. The van der Waals surface area contributed by atoms with Gasteiger partial charge in [0, 0.05) is 5.69 Å². The van der Waals surface area contributed by atoms with Gasteiger partial charge in [-0.15, -0.1) is 0 Å². The molecule has 3 rings (SSSR count). The van der Waals surface area contributed by atoms with Gasteiger partial charge in [0.15, 0.2) is 0 Å². The molecule has 0 fully saturated rings. The van der Waals surface area contributed by atoms with Crippen molar-refractivity contribution >= 4 is 22.4 Å². The molecule has 0 bridgehead atoms. The first kappa shape index (κ1) is 15.3. The van der Waals surface area contributed by atoms with Crippen LogP contribution >= 0.6 is 0 Å². The number of hydrogen-bond donors (Lipinski definition) is 2. The number of benzene rings is 3. The third-order valence-corrected chi connectivity index (χ3v) is 4.04. The van der Waals surface area contributed by atoms with Crippen LogP contribution in [0.1, 0.15) is 18.6 Å². The minimum atomic E-state index is -0.844. The molecule has 3 heteroatoms. The van der Waals surface area contributed by atoms with Crippen LogP contribution in [0.3, 0.4) is 0 Å². The Morgan fingerprint density at radius 1 is 0.913 bits per heavy atom. The second-order valence-corrected chi connectivity index (χ2v) is 5.70. The fourth-order valence-electron chi connectivity index (χ4n) is 2.60. The summed E-state index contributed by atoms with van der Waals surface area (Å²) in [4.78, 5) is 12.3. The van der Waals surface area contributed by atoms with Crippen LogP contribution in [-0.4, -0.2) is 11.0 Å². The van der Waals surface area contributed by atoms with Crippen molar-refractivity contribution in [2.24, 2.45) is 5.92 Å². The SMILES string of the molecule is C[C@@H](C(=O)Nc1ccccc1)[C@H](O)c1ccc2ccccc2c1. The molecule has 2 atom stereocenters. The largest absolute Gasteiger partial charge is 0.388 e. The number of nitrogens with one attached hydrogen (secondary N) is 1. The molecule has 2 N–H and O–H groups in total. The smallest absolute Gasteiger partial charge is 0.230 e. The lowest BCUT2D eigenvalue weighted by molar-refractivity contribution is -0.122. The van der Waals surface area contributed by atoms with Crippen molar-refractivity contribution in [2.75, 3.05) is 5.32 Å². The summed E-state index contributed by atoms with van der Waals surface area (Å²) in [5.41, 5.74) is 1.48. The van der Waals surface area contributed by atoms with Crippen molar-refractivity contribution in [3.8, 4) is 0 Å². The highest BCUT2D eigenvalue weighted by molar-refractivity contribution is 5.93. The van der Waals surface area contributed by atoms with Crippen LogP contribution in [0.5, 0.6) is 0 Å². The Kier molecular flexibility index (Phi) is 4.40. The van der Waals surface area contributed by atoms with Crippen LogP contribution in [0.15, 0.2) is 72.8 Å². The van der Waals surface area contributed by atoms with E-state index in [1.165, 1.54) is 0 Å². The lowest BCUT2D eigenvalue weighted by Gasteiger charge is -2.19. The predicted octanol–water partition coefficient (Wildman–Crippen LogP) is 4.15. The Morgan fingerprint density at radius 3 is 2.30 bits per heavy atom. The molecule has 3 aromatic rings. The van der Waals surface area contributed by atoms with Gasteiger partial charge in [0.2, 0.25) is 5.91 Å². The molecule has 116 valence electrons. The highest BCUT2D eigenvalue weighted by atomic mass is 16.3. The number of rotatable bonds is 4. The molecule has 0 aliphatic heterocycles. The summed E-state index contributed by atoms with van der Waals surface area (Å²) >= 11 is 0. The number of anilines is 1. The van der Waals surface area contributed by atoms with Gasteiger partial charge in [0.05, 0.1) is 12.0 Å². The lowest BCUT2D eigenvalue weighted by Crippen LogP contribution is -2.25. The van der Waals surface area contributed by atoms with E-state index in [9.17, 15) is 9.90 Å². The predicted molar refractivity (Wildman–Crippen MR) is 93.1 cm³/mol. The van der Waals surface area contributed by atoms with E-state index in [0.717, 1.165) is 22.0 Å². The van der Waals surface area contributed by atoms with E-state index in [4.69, 9.17) is 0 Å². The molecule has 0 heterocycles. The molecule has 1 amide bonds. The number of amides is 1. The maximum absolute atomic E-state index is 12.3. The maximum atomic E-state index is 12.3. The van der Waals surface area contributed by atoms with Gasteiger partial charge in [-0.1, -0.05) is 61.5 Å². The molecule has 0 radical (unpaired) electrons. The minimum Gasteiger partial charge on any atom is -0.388 e. The van der Waals surface area contributed by atoms with Gasteiger partial charge in [-0.05, 0) is 34.5 Å². The van der Waals surface area contributed by atoms with Crippen molar-refractivity contribution in [2.45, 2.75) is 13.0 Å². The summed E-state index contributed by atoms with van der Waals surface area (Å²) in [6.45, 7) is 1.73. The topological polar surface area (TPSA) is 49.3 Å². The number of para-hydroxylation sites is 1. The number of carbonyl (C=O) groups is 1. The van der Waals surface area contributed by atoms with Crippen LogP contribution in [0.4, 0.5) is 5.69 Å². The molecule has 3 nitrogen and oxygen atoms in total. The second-order valence-electron chi connectivity index (χ2n) is 5.70. The van der Waals surface area contributed by atoms with Gasteiger partial charge in [-0.3, -0.25) is 4.79 Å². The monoisotopic (exact) mass is 305 g/mol. The Labute approximate surface area is 135 Å². The van der Waals surface area contributed by atoms with Gasteiger partial charge in [-0.2, -0.15) is 0 Å². The first-order valence-corrected chi connectivity index (χ1v) is 7.68. The van der Waals surface area contributed by atoms with E-state index in [1.54, 1.807) is 6.92 Å². The van der Waals surface area contributed by atoms with E-state index < -0.39 is 12.0 Å². The molecular formula is C20H19NO2.